The van der Waals surface area contributed by atoms with Crippen LogP contribution in [0.5, 0.6) is 0 Å². The van der Waals surface area contributed by atoms with E-state index >= 15 is 0 Å². The number of carboxylic acids is 2. The third-order valence-electron chi connectivity index (χ3n) is 1.27. The van der Waals surface area contributed by atoms with E-state index in [1.807, 2.05) is 0 Å². The Balaban J connectivity index is -0.000000845. The van der Waals surface area contributed by atoms with E-state index in [9.17, 15) is 37.4 Å². The number of hydrogen-bond acceptors (Lipinski definition) is 4. The fourth-order valence-corrected chi connectivity index (χ4v) is 0.621. The maximum absolute atomic E-state index is 12.4. The molecular weight excluding hydrogens is 258 g/mol. The number of aliphatic carboxylic acids is 2. The van der Waals surface area contributed by atoms with Gasteiger partial charge in [-0.25, -0.2) is 0 Å². The summed E-state index contributed by atoms with van der Waals surface area (Å²) < 4.78 is 49.4. The molecule has 0 radical (unpaired) electrons. The second-order valence-corrected chi connectivity index (χ2v) is 2.51. The number of rotatable bonds is 5. The Bertz CT molecular complexity index is 233. The first-order valence-electron chi connectivity index (χ1n) is 3.24. The van der Waals surface area contributed by atoms with Crippen LogP contribution in [0.4, 0.5) is 17.6 Å². The van der Waals surface area contributed by atoms with Crippen LogP contribution in [0.15, 0.2) is 0 Å². The number of alkyl halides is 4. The maximum Gasteiger partial charge on any atom is 1.00 e. The van der Waals surface area contributed by atoms with E-state index in [0.29, 0.717) is 0 Å². The molecule has 0 rings (SSSR count). The standard InChI is InChI=1S/C6H6F4O4.2Na/c7-5(8,1-3(11)12)6(9,10)2-4(13)14;;/h1-2H2,(H,11,12)(H,13,14);;/q;2*+1/p-2. The first kappa shape index (κ1) is 21.9. The molecule has 0 fully saturated rings. The molecule has 0 heterocycles. The predicted molar refractivity (Wildman–Crippen MR) is 29.1 cm³/mol. The number of halogens is 4. The average molecular weight is 262 g/mol. The van der Waals surface area contributed by atoms with Crippen molar-refractivity contribution in [2.45, 2.75) is 24.7 Å². The third kappa shape index (κ3) is 7.08. The van der Waals surface area contributed by atoms with Gasteiger partial charge in [0.05, 0.1) is 12.8 Å². The summed E-state index contributed by atoms with van der Waals surface area (Å²) in [5, 5.41) is 19.3. The molecule has 0 aromatic carbocycles. The van der Waals surface area contributed by atoms with Crippen LogP contribution in [0.2, 0.25) is 0 Å². The Morgan fingerprint density at radius 1 is 0.812 bits per heavy atom. The van der Waals surface area contributed by atoms with Gasteiger partial charge in [-0.2, -0.15) is 17.6 Å². The number of carbonyl (C=O) groups excluding carboxylic acids is 2. The molecule has 82 valence electrons. The molecule has 10 heteroatoms. The van der Waals surface area contributed by atoms with Gasteiger partial charge in [0.1, 0.15) is 0 Å². The van der Waals surface area contributed by atoms with Crippen LogP contribution >= 0.6 is 0 Å². The largest absolute Gasteiger partial charge is 1.00 e. The van der Waals surface area contributed by atoms with Gasteiger partial charge < -0.3 is 19.8 Å². The van der Waals surface area contributed by atoms with Crippen molar-refractivity contribution < 1.29 is 96.5 Å². The van der Waals surface area contributed by atoms with E-state index in [2.05, 4.69) is 0 Å². The minimum absolute atomic E-state index is 0. The van der Waals surface area contributed by atoms with E-state index in [1.54, 1.807) is 0 Å². The SMILES string of the molecule is O=C([O-])CC(F)(F)C(F)(F)CC(=O)[O-].[Na+].[Na+]. The molecule has 0 saturated heterocycles. The van der Waals surface area contributed by atoms with Gasteiger partial charge in [0.25, 0.3) is 0 Å². The Kier molecular flexibility index (Phi) is 10.8. The first-order valence-corrected chi connectivity index (χ1v) is 3.24. The van der Waals surface area contributed by atoms with Gasteiger partial charge in [-0.15, -0.1) is 0 Å². The normalized spacial score (nSPS) is 11.0. The van der Waals surface area contributed by atoms with Crippen LogP contribution in [0.1, 0.15) is 12.8 Å². The molecule has 0 spiro atoms. The first-order chi connectivity index (χ1) is 6.08. The van der Waals surface area contributed by atoms with Crippen molar-refractivity contribution in [3.05, 3.63) is 0 Å². The van der Waals surface area contributed by atoms with E-state index in [-0.39, 0.29) is 59.1 Å². The zero-order chi connectivity index (χ0) is 11.6. The molecule has 4 nitrogen and oxygen atoms in total. The summed E-state index contributed by atoms with van der Waals surface area (Å²) in [5.41, 5.74) is 0. The van der Waals surface area contributed by atoms with Gasteiger partial charge in [0.2, 0.25) is 0 Å². The van der Waals surface area contributed by atoms with Crippen molar-refractivity contribution in [1.82, 2.24) is 0 Å². The topological polar surface area (TPSA) is 80.3 Å². The molecule has 16 heavy (non-hydrogen) atoms. The van der Waals surface area contributed by atoms with Crippen molar-refractivity contribution in [3.63, 3.8) is 0 Å². The van der Waals surface area contributed by atoms with Crippen LogP contribution in [0.25, 0.3) is 0 Å². The summed E-state index contributed by atoms with van der Waals surface area (Å²) in [7, 11) is 0. The number of carboxylic acid groups (broad SMARTS) is 2. The fraction of sp³-hybridized carbons (Fsp3) is 0.667. The van der Waals surface area contributed by atoms with E-state index in [4.69, 9.17) is 0 Å². The van der Waals surface area contributed by atoms with Crippen molar-refractivity contribution in [3.8, 4) is 0 Å². The Morgan fingerprint density at radius 2 is 1.00 bits per heavy atom. The third-order valence-corrected chi connectivity index (χ3v) is 1.27. The molecule has 0 N–H and O–H groups in total. The average Bonchev–Trinajstić information content (AvgIpc) is 1.78. The molecule has 0 bridgehead atoms. The van der Waals surface area contributed by atoms with Crippen molar-refractivity contribution in [2.75, 3.05) is 0 Å². The maximum atomic E-state index is 12.4. The molecule has 0 aliphatic carbocycles. The van der Waals surface area contributed by atoms with Gasteiger partial charge in [0, 0.05) is 11.9 Å². The molecule has 0 aromatic heterocycles. The molecule has 0 saturated carbocycles. The zero-order valence-corrected chi connectivity index (χ0v) is 12.6. The smallest absolute Gasteiger partial charge is 0.550 e. The second kappa shape index (κ2) is 7.88. The van der Waals surface area contributed by atoms with Crippen molar-refractivity contribution in [2.24, 2.45) is 0 Å². The Labute approximate surface area is 132 Å². The van der Waals surface area contributed by atoms with Crippen LogP contribution in [0.3, 0.4) is 0 Å². The summed E-state index contributed by atoms with van der Waals surface area (Å²) in [6.45, 7) is 0. The second-order valence-electron chi connectivity index (χ2n) is 2.51. The van der Waals surface area contributed by atoms with Crippen LogP contribution in [0, 0.1) is 0 Å². The summed E-state index contributed by atoms with van der Waals surface area (Å²) in [5.74, 6) is -14.7. The van der Waals surface area contributed by atoms with Crippen LogP contribution < -0.4 is 69.3 Å². The van der Waals surface area contributed by atoms with Crippen molar-refractivity contribution in [1.29, 1.82) is 0 Å². The van der Waals surface area contributed by atoms with Gasteiger partial charge in [-0.3, -0.25) is 0 Å². The summed E-state index contributed by atoms with van der Waals surface area (Å²) in [6.07, 6.45) is -4.49. The molecule has 0 unspecified atom stereocenters. The predicted octanol–water partition coefficient (Wildman–Crippen LogP) is -7.45. The summed E-state index contributed by atoms with van der Waals surface area (Å²) >= 11 is 0. The van der Waals surface area contributed by atoms with Gasteiger partial charge in [-0.1, -0.05) is 0 Å². The van der Waals surface area contributed by atoms with Crippen LogP contribution in [-0.4, -0.2) is 23.8 Å². The van der Waals surface area contributed by atoms with Gasteiger partial charge in [-0.05, 0) is 0 Å². The molecule has 0 amide bonds. The monoisotopic (exact) mass is 262 g/mol. The minimum atomic E-state index is -4.97. The minimum Gasteiger partial charge on any atom is -0.550 e. The molecule has 0 aromatic rings. The summed E-state index contributed by atoms with van der Waals surface area (Å²) in [4.78, 5) is 19.3. The van der Waals surface area contributed by atoms with Gasteiger partial charge >= 0.3 is 71.0 Å². The van der Waals surface area contributed by atoms with Gasteiger partial charge in [0.15, 0.2) is 0 Å². The van der Waals surface area contributed by atoms with E-state index < -0.39 is 36.6 Å². The van der Waals surface area contributed by atoms with Crippen molar-refractivity contribution >= 4 is 11.9 Å². The Hall–Kier alpha value is 0.660. The molecule has 0 atom stereocenters. The summed E-state index contributed by atoms with van der Waals surface area (Å²) in [6, 6.07) is 0. The van der Waals surface area contributed by atoms with Crippen LogP contribution in [-0.2, 0) is 9.59 Å². The number of carbonyl (C=O) groups is 2. The quantitative estimate of drug-likeness (QED) is 0.364. The Morgan fingerprint density at radius 3 is 1.12 bits per heavy atom. The zero-order valence-electron chi connectivity index (χ0n) is 8.56. The molecule has 0 aliphatic heterocycles. The molecule has 0 aliphatic rings. The molecular formula is C6H4F4Na2O4. The van der Waals surface area contributed by atoms with E-state index in [0.717, 1.165) is 0 Å². The number of hydrogen-bond donors (Lipinski definition) is 0. The van der Waals surface area contributed by atoms with E-state index in [1.165, 1.54) is 0 Å². The fourth-order valence-electron chi connectivity index (χ4n) is 0.621.